The molecule has 0 bridgehead atoms. The number of nitrogens with two attached hydrogens (primary N) is 1. The molecule has 1 heterocycles. The Kier molecular flexibility index (Phi) is 4.41. The average Bonchev–Trinajstić information content (AvgIpc) is 2.45. The summed E-state index contributed by atoms with van der Waals surface area (Å²) in [5.74, 6) is 0.893. The SMILES string of the molecule is Cc1ccnc(SCc2ccccc2)c1/C(N)=N/O. The van der Waals surface area contributed by atoms with Crippen molar-refractivity contribution in [2.75, 3.05) is 0 Å². The quantitative estimate of drug-likeness (QED) is 0.295. The fourth-order valence-corrected chi connectivity index (χ4v) is 2.77. The van der Waals surface area contributed by atoms with E-state index in [4.69, 9.17) is 10.9 Å². The Morgan fingerprint density at radius 1 is 1.32 bits per heavy atom. The van der Waals surface area contributed by atoms with E-state index in [-0.39, 0.29) is 5.84 Å². The van der Waals surface area contributed by atoms with Crippen LogP contribution in [0.1, 0.15) is 16.7 Å². The maximum Gasteiger partial charge on any atom is 0.173 e. The molecule has 0 atom stereocenters. The van der Waals surface area contributed by atoms with Gasteiger partial charge in [-0.05, 0) is 24.1 Å². The number of oxime groups is 1. The number of thioether (sulfide) groups is 1. The highest BCUT2D eigenvalue weighted by molar-refractivity contribution is 7.98. The number of aromatic nitrogens is 1. The van der Waals surface area contributed by atoms with Crippen molar-refractivity contribution in [2.24, 2.45) is 10.9 Å². The van der Waals surface area contributed by atoms with Gasteiger partial charge < -0.3 is 10.9 Å². The number of rotatable bonds is 4. The highest BCUT2D eigenvalue weighted by Gasteiger charge is 2.12. The minimum Gasteiger partial charge on any atom is -0.409 e. The van der Waals surface area contributed by atoms with Gasteiger partial charge in [-0.15, -0.1) is 11.8 Å². The first-order valence-corrected chi connectivity index (χ1v) is 6.81. The van der Waals surface area contributed by atoms with Crippen LogP contribution in [-0.4, -0.2) is 16.0 Å². The molecular weight excluding hydrogens is 258 g/mol. The van der Waals surface area contributed by atoms with E-state index < -0.39 is 0 Å². The monoisotopic (exact) mass is 273 g/mol. The van der Waals surface area contributed by atoms with Crippen molar-refractivity contribution in [3.63, 3.8) is 0 Å². The van der Waals surface area contributed by atoms with Crippen molar-refractivity contribution < 1.29 is 5.21 Å². The molecule has 0 aliphatic carbocycles. The lowest BCUT2D eigenvalue weighted by atomic mass is 10.1. The van der Waals surface area contributed by atoms with Crippen LogP contribution in [0.2, 0.25) is 0 Å². The van der Waals surface area contributed by atoms with E-state index in [0.29, 0.717) is 5.56 Å². The summed E-state index contributed by atoms with van der Waals surface area (Å²) in [6.07, 6.45) is 1.73. The minimum absolute atomic E-state index is 0.0983. The highest BCUT2D eigenvalue weighted by Crippen LogP contribution is 2.25. The third kappa shape index (κ3) is 3.26. The van der Waals surface area contributed by atoms with Crippen LogP contribution in [0.5, 0.6) is 0 Å². The number of nitrogens with zero attached hydrogens (tertiary/aromatic N) is 2. The van der Waals surface area contributed by atoms with E-state index >= 15 is 0 Å². The first kappa shape index (κ1) is 13.4. The Morgan fingerprint density at radius 3 is 2.74 bits per heavy atom. The highest BCUT2D eigenvalue weighted by atomic mass is 32.2. The van der Waals surface area contributed by atoms with Crippen molar-refractivity contribution >= 4 is 17.6 Å². The molecule has 0 spiro atoms. The molecule has 19 heavy (non-hydrogen) atoms. The molecular formula is C14H15N3OS. The molecule has 0 saturated heterocycles. The van der Waals surface area contributed by atoms with Gasteiger partial charge in [0.15, 0.2) is 5.84 Å². The Balaban J connectivity index is 2.23. The molecule has 0 amide bonds. The zero-order valence-electron chi connectivity index (χ0n) is 10.6. The molecule has 0 aliphatic rings. The summed E-state index contributed by atoms with van der Waals surface area (Å²) >= 11 is 1.57. The Bertz CT molecular complexity index is 584. The van der Waals surface area contributed by atoms with Gasteiger partial charge in [0, 0.05) is 11.9 Å². The second kappa shape index (κ2) is 6.24. The fraction of sp³-hybridized carbons (Fsp3) is 0.143. The van der Waals surface area contributed by atoms with Crippen LogP contribution in [-0.2, 0) is 5.75 Å². The predicted octanol–water partition coefficient (Wildman–Crippen LogP) is 2.78. The molecule has 0 unspecified atom stereocenters. The van der Waals surface area contributed by atoms with E-state index in [1.54, 1.807) is 18.0 Å². The summed E-state index contributed by atoms with van der Waals surface area (Å²) in [5.41, 5.74) is 8.57. The van der Waals surface area contributed by atoms with Crippen molar-refractivity contribution in [3.05, 3.63) is 59.3 Å². The van der Waals surface area contributed by atoms with Gasteiger partial charge >= 0.3 is 0 Å². The van der Waals surface area contributed by atoms with Crippen LogP contribution >= 0.6 is 11.8 Å². The van der Waals surface area contributed by atoms with E-state index in [1.165, 1.54) is 5.56 Å². The van der Waals surface area contributed by atoms with Crippen LogP contribution < -0.4 is 5.73 Å². The van der Waals surface area contributed by atoms with Crippen LogP contribution in [0.3, 0.4) is 0 Å². The smallest absolute Gasteiger partial charge is 0.173 e. The number of pyridine rings is 1. The molecule has 2 aromatic rings. The summed E-state index contributed by atoms with van der Waals surface area (Å²) in [6, 6.07) is 12.0. The summed E-state index contributed by atoms with van der Waals surface area (Å²) in [6.45, 7) is 1.92. The number of hydrogen-bond acceptors (Lipinski definition) is 4. The third-order valence-electron chi connectivity index (χ3n) is 2.71. The predicted molar refractivity (Wildman–Crippen MR) is 77.5 cm³/mol. The van der Waals surface area contributed by atoms with E-state index in [2.05, 4.69) is 22.3 Å². The van der Waals surface area contributed by atoms with Crippen LogP contribution in [0.4, 0.5) is 0 Å². The molecule has 0 aliphatic heterocycles. The molecule has 0 fully saturated rings. The summed E-state index contributed by atoms with van der Waals surface area (Å²) in [5, 5.41) is 12.7. The molecule has 1 aromatic heterocycles. The van der Waals surface area contributed by atoms with Crippen LogP contribution in [0.15, 0.2) is 52.8 Å². The number of hydrogen-bond donors (Lipinski definition) is 2. The number of benzene rings is 1. The maximum absolute atomic E-state index is 8.85. The molecule has 98 valence electrons. The van der Waals surface area contributed by atoms with E-state index in [1.807, 2.05) is 31.2 Å². The van der Waals surface area contributed by atoms with Gasteiger partial charge in [-0.25, -0.2) is 4.98 Å². The Morgan fingerprint density at radius 2 is 2.05 bits per heavy atom. The van der Waals surface area contributed by atoms with Crippen molar-refractivity contribution in [1.82, 2.24) is 4.98 Å². The molecule has 3 N–H and O–H groups in total. The van der Waals surface area contributed by atoms with Gasteiger partial charge in [-0.2, -0.15) is 0 Å². The fourth-order valence-electron chi connectivity index (χ4n) is 1.73. The van der Waals surface area contributed by atoms with Gasteiger partial charge in [0.2, 0.25) is 0 Å². The second-order valence-corrected chi connectivity index (χ2v) is 5.03. The van der Waals surface area contributed by atoms with Gasteiger partial charge in [-0.3, -0.25) is 0 Å². The number of amidine groups is 1. The van der Waals surface area contributed by atoms with Crippen molar-refractivity contribution in [3.8, 4) is 0 Å². The van der Waals surface area contributed by atoms with Crippen LogP contribution in [0.25, 0.3) is 0 Å². The van der Waals surface area contributed by atoms with Gasteiger partial charge in [0.1, 0.15) is 5.03 Å². The number of aryl methyl sites for hydroxylation is 1. The molecule has 5 heteroatoms. The maximum atomic E-state index is 8.85. The lowest BCUT2D eigenvalue weighted by Crippen LogP contribution is -2.16. The lowest BCUT2D eigenvalue weighted by Gasteiger charge is -2.09. The van der Waals surface area contributed by atoms with Gasteiger partial charge in [-0.1, -0.05) is 35.5 Å². The van der Waals surface area contributed by atoms with Crippen LogP contribution in [0, 0.1) is 6.92 Å². The molecule has 0 radical (unpaired) electrons. The summed E-state index contributed by atoms with van der Waals surface area (Å²) in [7, 11) is 0. The van der Waals surface area contributed by atoms with Crippen molar-refractivity contribution in [2.45, 2.75) is 17.7 Å². The van der Waals surface area contributed by atoms with Crippen molar-refractivity contribution in [1.29, 1.82) is 0 Å². The molecule has 0 saturated carbocycles. The van der Waals surface area contributed by atoms with E-state index in [9.17, 15) is 0 Å². The van der Waals surface area contributed by atoms with Gasteiger partial charge in [0.25, 0.3) is 0 Å². The van der Waals surface area contributed by atoms with E-state index in [0.717, 1.165) is 16.3 Å². The Hall–Kier alpha value is -2.01. The molecule has 4 nitrogen and oxygen atoms in total. The Labute approximate surface area is 116 Å². The average molecular weight is 273 g/mol. The first-order valence-electron chi connectivity index (χ1n) is 5.82. The zero-order chi connectivity index (χ0) is 13.7. The normalized spacial score (nSPS) is 11.5. The topological polar surface area (TPSA) is 71.5 Å². The zero-order valence-corrected chi connectivity index (χ0v) is 11.4. The van der Waals surface area contributed by atoms with Gasteiger partial charge in [0.05, 0.1) is 5.56 Å². The largest absolute Gasteiger partial charge is 0.409 e. The summed E-state index contributed by atoms with van der Waals surface area (Å²) in [4.78, 5) is 4.31. The minimum atomic E-state index is 0.0983. The molecule has 1 aromatic carbocycles. The first-order chi connectivity index (χ1) is 9.22. The third-order valence-corrected chi connectivity index (χ3v) is 3.77. The summed E-state index contributed by atoms with van der Waals surface area (Å²) < 4.78 is 0. The lowest BCUT2D eigenvalue weighted by molar-refractivity contribution is 0.318. The standard InChI is InChI=1S/C14H15N3OS/c1-10-7-8-16-14(12(10)13(15)17-18)19-9-11-5-3-2-4-6-11/h2-8,18H,9H2,1H3,(H2,15,17). The molecule has 2 rings (SSSR count). The second-order valence-electron chi connectivity index (χ2n) is 4.07.